The smallest absolute Gasteiger partial charge is 0.120 e. The van der Waals surface area contributed by atoms with Crippen molar-refractivity contribution in [3.05, 3.63) is 30.3 Å². The molecule has 0 radical (unpaired) electrons. The second-order valence-corrected chi connectivity index (χ2v) is 4.52. The standard InChI is InChI=1S/C11H16Cl2N2/c12-11(13)9-14-7-4-8-15-10-5-2-1-3-6-10/h1-3,5-6,11,14-15H,4,7-9H2. The summed E-state index contributed by atoms with van der Waals surface area (Å²) in [4.78, 5) is -0.313. The molecule has 0 fully saturated rings. The number of rotatable bonds is 7. The lowest BCUT2D eigenvalue weighted by Crippen LogP contribution is -2.22. The molecule has 1 aromatic carbocycles. The van der Waals surface area contributed by atoms with Crippen LogP contribution >= 0.6 is 23.2 Å². The van der Waals surface area contributed by atoms with Gasteiger partial charge in [-0.1, -0.05) is 18.2 Å². The average Bonchev–Trinajstić information content (AvgIpc) is 2.24. The van der Waals surface area contributed by atoms with Gasteiger partial charge in [0.1, 0.15) is 4.84 Å². The zero-order valence-electron chi connectivity index (χ0n) is 8.55. The summed E-state index contributed by atoms with van der Waals surface area (Å²) in [5, 5.41) is 6.49. The highest BCUT2D eigenvalue weighted by atomic mass is 35.5. The van der Waals surface area contributed by atoms with Crippen LogP contribution in [0.3, 0.4) is 0 Å². The zero-order valence-corrected chi connectivity index (χ0v) is 10.1. The van der Waals surface area contributed by atoms with Gasteiger partial charge >= 0.3 is 0 Å². The minimum atomic E-state index is -0.313. The van der Waals surface area contributed by atoms with E-state index in [9.17, 15) is 0 Å². The summed E-state index contributed by atoms with van der Waals surface area (Å²) >= 11 is 11.1. The predicted molar refractivity (Wildman–Crippen MR) is 67.9 cm³/mol. The first-order chi connectivity index (χ1) is 7.29. The lowest BCUT2D eigenvalue weighted by atomic mass is 10.3. The average molecular weight is 247 g/mol. The van der Waals surface area contributed by atoms with Crippen LogP contribution in [0.15, 0.2) is 30.3 Å². The minimum absolute atomic E-state index is 0.313. The summed E-state index contributed by atoms with van der Waals surface area (Å²) in [5.74, 6) is 0. The van der Waals surface area contributed by atoms with E-state index in [0.717, 1.165) is 25.2 Å². The molecule has 0 unspecified atom stereocenters. The molecule has 0 spiro atoms. The molecule has 1 rings (SSSR count). The van der Waals surface area contributed by atoms with Crippen molar-refractivity contribution in [1.82, 2.24) is 5.32 Å². The van der Waals surface area contributed by atoms with Crippen molar-refractivity contribution in [2.24, 2.45) is 0 Å². The third-order valence-electron chi connectivity index (χ3n) is 1.93. The van der Waals surface area contributed by atoms with Crippen LogP contribution in [0.1, 0.15) is 6.42 Å². The molecule has 84 valence electrons. The fraction of sp³-hybridized carbons (Fsp3) is 0.455. The molecule has 0 atom stereocenters. The van der Waals surface area contributed by atoms with Gasteiger partial charge in [0.05, 0.1) is 0 Å². The van der Waals surface area contributed by atoms with Gasteiger partial charge < -0.3 is 10.6 Å². The first-order valence-electron chi connectivity index (χ1n) is 5.07. The summed E-state index contributed by atoms with van der Waals surface area (Å²) in [6, 6.07) is 10.2. The normalized spacial score (nSPS) is 10.6. The van der Waals surface area contributed by atoms with Crippen molar-refractivity contribution in [2.75, 3.05) is 25.0 Å². The molecule has 0 amide bonds. The Kier molecular flexibility index (Phi) is 6.57. The van der Waals surface area contributed by atoms with E-state index in [0.29, 0.717) is 6.54 Å². The Labute approximate surface area is 101 Å². The van der Waals surface area contributed by atoms with E-state index in [-0.39, 0.29) is 4.84 Å². The van der Waals surface area contributed by atoms with Gasteiger partial charge in [0.15, 0.2) is 0 Å². The molecule has 2 nitrogen and oxygen atoms in total. The first-order valence-corrected chi connectivity index (χ1v) is 5.94. The number of alkyl halides is 2. The molecular formula is C11H16Cl2N2. The molecule has 0 aromatic heterocycles. The molecule has 0 aliphatic carbocycles. The first kappa shape index (κ1) is 12.6. The van der Waals surface area contributed by atoms with E-state index < -0.39 is 0 Å². The van der Waals surface area contributed by atoms with Gasteiger partial charge in [-0.05, 0) is 25.1 Å². The second kappa shape index (κ2) is 7.80. The Morgan fingerprint density at radius 3 is 2.47 bits per heavy atom. The summed E-state index contributed by atoms with van der Waals surface area (Å²) in [7, 11) is 0. The number of para-hydroxylation sites is 1. The molecule has 0 aliphatic heterocycles. The Bertz CT molecular complexity index is 252. The number of hydrogen-bond acceptors (Lipinski definition) is 2. The third kappa shape index (κ3) is 6.61. The van der Waals surface area contributed by atoms with Gasteiger partial charge in [-0.2, -0.15) is 0 Å². The molecule has 0 saturated heterocycles. The zero-order chi connectivity index (χ0) is 10.9. The highest BCUT2D eigenvalue weighted by Gasteiger charge is 1.96. The Morgan fingerprint density at radius 1 is 1.07 bits per heavy atom. The fourth-order valence-electron chi connectivity index (χ4n) is 1.21. The molecule has 4 heteroatoms. The van der Waals surface area contributed by atoms with E-state index in [1.165, 1.54) is 0 Å². The summed E-state index contributed by atoms with van der Waals surface area (Å²) < 4.78 is 0. The van der Waals surface area contributed by atoms with Crippen LogP contribution in [-0.2, 0) is 0 Å². The number of halogens is 2. The maximum absolute atomic E-state index is 5.57. The van der Waals surface area contributed by atoms with Gasteiger partial charge in [0, 0.05) is 18.8 Å². The molecule has 15 heavy (non-hydrogen) atoms. The molecule has 0 heterocycles. The second-order valence-electron chi connectivity index (χ2n) is 3.24. The lowest BCUT2D eigenvalue weighted by Gasteiger charge is -2.07. The van der Waals surface area contributed by atoms with Crippen LogP contribution in [0.25, 0.3) is 0 Å². The minimum Gasteiger partial charge on any atom is -0.385 e. The summed E-state index contributed by atoms with van der Waals surface area (Å²) in [5.41, 5.74) is 1.16. The number of anilines is 1. The molecule has 0 aliphatic rings. The van der Waals surface area contributed by atoms with E-state index in [4.69, 9.17) is 23.2 Å². The molecule has 0 saturated carbocycles. The maximum Gasteiger partial charge on any atom is 0.120 e. The van der Waals surface area contributed by atoms with Gasteiger partial charge in [0.2, 0.25) is 0 Å². The SMILES string of the molecule is ClC(Cl)CNCCCNc1ccccc1. The largest absolute Gasteiger partial charge is 0.385 e. The maximum atomic E-state index is 5.57. The monoisotopic (exact) mass is 246 g/mol. The number of hydrogen-bond donors (Lipinski definition) is 2. The van der Waals surface area contributed by atoms with Gasteiger partial charge in [-0.3, -0.25) is 0 Å². The van der Waals surface area contributed by atoms with E-state index in [1.807, 2.05) is 18.2 Å². The molecular weight excluding hydrogens is 231 g/mol. The number of nitrogens with one attached hydrogen (secondary N) is 2. The van der Waals surface area contributed by atoms with Crippen LogP contribution in [0.2, 0.25) is 0 Å². The molecule has 0 bridgehead atoms. The Hall–Kier alpha value is -0.440. The van der Waals surface area contributed by atoms with Gasteiger partial charge in [-0.25, -0.2) is 0 Å². The summed E-state index contributed by atoms with van der Waals surface area (Å²) in [6.45, 7) is 2.52. The van der Waals surface area contributed by atoms with Crippen molar-refractivity contribution in [3.8, 4) is 0 Å². The van der Waals surface area contributed by atoms with E-state index in [2.05, 4.69) is 22.8 Å². The van der Waals surface area contributed by atoms with Crippen molar-refractivity contribution in [2.45, 2.75) is 11.3 Å². The lowest BCUT2D eigenvalue weighted by molar-refractivity contribution is 0.681. The van der Waals surface area contributed by atoms with Crippen LogP contribution in [0.5, 0.6) is 0 Å². The predicted octanol–water partition coefficient (Wildman–Crippen LogP) is 2.88. The van der Waals surface area contributed by atoms with Gasteiger partial charge in [0.25, 0.3) is 0 Å². The van der Waals surface area contributed by atoms with Gasteiger partial charge in [-0.15, -0.1) is 23.2 Å². The summed E-state index contributed by atoms with van der Waals surface area (Å²) in [6.07, 6.45) is 1.05. The topological polar surface area (TPSA) is 24.1 Å². The molecule has 2 N–H and O–H groups in total. The van der Waals surface area contributed by atoms with Crippen LogP contribution in [0.4, 0.5) is 5.69 Å². The Morgan fingerprint density at radius 2 is 1.80 bits per heavy atom. The number of benzene rings is 1. The highest BCUT2D eigenvalue weighted by Crippen LogP contribution is 2.04. The van der Waals surface area contributed by atoms with Crippen molar-refractivity contribution in [1.29, 1.82) is 0 Å². The fourth-order valence-corrected chi connectivity index (χ4v) is 1.43. The molecule has 1 aromatic rings. The third-order valence-corrected chi connectivity index (χ3v) is 2.24. The van der Waals surface area contributed by atoms with Crippen molar-refractivity contribution < 1.29 is 0 Å². The van der Waals surface area contributed by atoms with Crippen LogP contribution in [-0.4, -0.2) is 24.5 Å². The van der Waals surface area contributed by atoms with Crippen molar-refractivity contribution >= 4 is 28.9 Å². The van der Waals surface area contributed by atoms with Crippen LogP contribution in [0, 0.1) is 0 Å². The quantitative estimate of drug-likeness (QED) is 0.572. The van der Waals surface area contributed by atoms with E-state index >= 15 is 0 Å². The highest BCUT2D eigenvalue weighted by molar-refractivity contribution is 6.44. The van der Waals surface area contributed by atoms with E-state index in [1.54, 1.807) is 0 Å². The van der Waals surface area contributed by atoms with Crippen molar-refractivity contribution in [3.63, 3.8) is 0 Å². The Balaban J connectivity index is 1.98. The van der Waals surface area contributed by atoms with Crippen LogP contribution < -0.4 is 10.6 Å².